The van der Waals surface area contributed by atoms with Gasteiger partial charge < -0.3 is 0 Å². The largest absolute Gasteiger partial charge is 0.299 e. The second kappa shape index (κ2) is 4.33. The van der Waals surface area contributed by atoms with Crippen LogP contribution in [0.4, 0.5) is 0 Å². The zero-order valence-corrected chi connectivity index (χ0v) is 11.2. The van der Waals surface area contributed by atoms with E-state index in [4.69, 9.17) is 0 Å². The number of rotatable bonds is 0. The molecule has 19 heavy (non-hydrogen) atoms. The molecular weight excluding hydrogens is 232 g/mol. The van der Waals surface area contributed by atoms with Gasteiger partial charge in [0, 0.05) is 12.3 Å². The first kappa shape index (κ1) is 11.5. The monoisotopic (exact) mass is 252 g/mol. The van der Waals surface area contributed by atoms with Gasteiger partial charge in [-0.25, -0.2) is 0 Å². The van der Waals surface area contributed by atoms with Crippen molar-refractivity contribution in [2.24, 2.45) is 17.8 Å². The predicted molar refractivity (Wildman–Crippen MR) is 76.0 cm³/mol. The molecule has 1 nitrogen and oxygen atoms in total. The van der Waals surface area contributed by atoms with E-state index in [0.717, 1.165) is 25.2 Å². The van der Waals surface area contributed by atoms with Crippen LogP contribution in [-0.4, -0.2) is 5.78 Å². The number of benzene rings is 1. The molecule has 0 aliphatic heterocycles. The van der Waals surface area contributed by atoms with E-state index >= 15 is 0 Å². The second-order valence-electron chi connectivity index (χ2n) is 6.39. The summed E-state index contributed by atoms with van der Waals surface area (Å²) in [6.07, 6.45) is 9.92. The molecule has 4 rings (SSSR count). The lowest BCUT2D eigenvalue weighted by molar-refractivity contribution is -0.129. The van der Waals surface area contributed by atoms with Crippen molar-refractivity contribution in [3.05, 3.63) is 47.5 Å². The van der Waals surface area contributed by atoms with Gasteiger partial charge >= 0.3 is 0 Å². The molecular formula is C18H20O. The summed E-state index contributed by atoms with van der Waals surface area (Å²) >= 11 is 0. The highest BCUT2D eigenvalue weighted by Gasteiger charge is 2.45. The maximum absolute atomic E-state index is 12.5. The van der Waals surface area contributed by atoms with Crippen molar-refractivity contribution in [2.45, 2.75) is 38.0 Å². The van der Waals surface area contributed by atoms with Gasteiger partial charge in [0.15, 0.2) is 0 Å². The number of ketones is 1. The molecule has 0 heterocycles. The number of hydrogen-bond donors (Lipinski definition) is 0. The van der Waals surface area contributed by atoms with Gasteiger partial charge in [0.1, 0.15) is 5.78 Å². The maximum Gasteiger partial charge on any atom is 0.137 e. The summed E-state index contributed by atoms with van der Waals surface area (Å²) < 4.78 is 0. The number of carbonyl (C=O) groups is 1. The van der Waals surface area contributed by atoms with Crippen LogP contribution in [0.2, 0.25) is 0 Å². The number of carbonyl (C=O) groups excluding carboxylic acids is 1. The van der Waals surface area contributed by atoms with Crippen LogP contribution in [0.3, 0.4) is 0 Å². The standard InChI is InChI=1S/C18H20O/c19-18-11-17-13-6-2-1-5-12(13)9-10-15(17)14-7-3-4-8-16(14)18/h1-6,14-17H,7-11H2. The van der Waals surface area contributed by atoms with Gasteiger partial charge in [-0.3, -0.25) is 4.79 Å². The predicted octanol–water partition coefficient (Wildman–Crippen LogP) is 3.89. The Morgan fingerprint density at radius 2 is 1.79 bits per heavy atom. The van der Waals surface area contributed by atoms with Crippen LogP contribution < -0.4 is 0 Å². The zero-order chi connectivity index (χ0) is 12.8. The molecule has 0 bridgehead atoms. The molecule has 4 unspecified atom stereocenters. The Morgan fingerprint density at radius 1 is 0.947 bits per heavy atom. The lowest BCUT2D eigenvalue weighted by atomic mass is 9.57. The molecule has 3 aliphatic carbocycles. The van der Waals surface area contributed by atoms with E-state index in [1.165, 1.54) is 24.0 Å². The first-order valence-corrected chi connectivity index (χ1v) is 7.60. The van der Waals surface area contributed by atoms with Crippen molar-refractivity contribution in [1.29, 1.82) is 0 Å². The highest BCUT2D eigenvalue weighted by Crippen LogP contribution is 2.51. The van der Waals surface area contributed by atoms with Crippen LogP contribution in [0.1, 0.15) is 42.7 Å². The third-order valence-electron chi connectivity index (χ3n) is 5.58. The minimum atomic E-state index is 0.330. The van der Waals surface area contributed by atoms with Gasteiger partial charge in [-0.15, -0.1) is 0 Å². The maximum atomic E-state index is 12.5. The SMILES string of the molecule is O=C1CC2c3ccccc3CCC2C2CC=CCC12. The van der Waals surface area contributed by atoms with Gasteiger partial charge in [0.05, 0.1) is 0 Å². The van der Waals surface area contributed by atoms with Crippen molar-refractivity contribution >= 4 is 5.78 Å². The molecule has 1 heteroatoms. The molecule has 0 radical (unpaired) electrons. The summed E-state index contributed by atoms with van der Waals surface area (Å²) in [6, 6.07) is 8.79. The first-order valence-electron chi connectivity index (χ1n) is 7.60. The van der Waals surface area contributed by atoms with E-state index < -0.39 is 0 Å². The fourth-order valence-electron chi connectivity index (χ4n) is 4.70. The van der Waals surface area contributed by atoms with Crippen molar-refractivity contribution in [3.63, 3.8) is 0 Å². The Balaban J connectivity index is 1.75. The molecule has 0 saturated heterocycles. The second-order valence-corrected chi connectivity index (χ2v) is 6.39. The molecule has 1 saturated carbocycles. The number of aryl methyl sites for hydroxylation is 1. The van der Waals surface area contributed by atoms with Gasteiger partial charge in [0.2, 0.25) is 0 Å². The Kier molecular flexibility index (Phi) is 2.61. The topological polar surface area (TPSA) is 17.1 Å². The lowest BCUT2D eigenvalue weighted by Crippen LogP contribution is -2.42. The number of hydrogen-bond acceptors (Lipinski definition) is 1. The minimum absolute atomic E-state index is 0.330. The smallest absolute Gasteiger partial charge is 0.137 e. The molecule has 3 aliphatic rings. The molecule has 0 N–H and O–H groups in total. The molecule has 0 amide bonds. The number of allylic oxidation sites excluding steroid dienone is 2. The summed E-state index contributed by atoms with van der Waals surface area (Å²) in [4.78, 5) is 12.5. The van der Waals surface area contributed by atoms with Crippen molar-refractivity contribution in [3.8, 4) is 0 Å². The van der Waals surface area contributed by atoms with Crippen LogP contribution in [-0.2, 0) is 11.2 Å². The summed E-state index contributed by atoms with van der Waals surface area (Å²) in [5.74, 6) is 2.71. The quantitative estimate of drug-likeness (QED) is 0.640. The van der Waals surface area contributed by atoms with E-state index in [2.05, 4.69) is 36.4 Å². The van der Waals surface area contributed by atoms with E-state index in [9.17, 15) is 4.79 Å². The van der Waals surface area contributed by atoms with Gasteiger partial charge in [-0.2, -0.15) is 0 Å². The van der Waals surface area contributed by atoms with Gasteiger partial charge in [-0.1, -0.05) is 36.4 Å². The van der Waals surface area contributed by atoms with Crippen molar-refractivity contribution in [2.75, 3.05) is 0 Å². The van der Waals surface area contributed by atoms with E-state index in [-0.39, 0.29) is 0 Å². The Labute approximate surface area is 114 Å². The van der Waals surface area contributed by atoms with Crippen LogP contribution >= 0.6 is 0 Å². The lowest BCUT2D eigenvalue weighted by Gasteiger charge is -2.46. The normalized spacial score (nSPS) is 36.3. The van der Waals surface area contributed by atoms with Crippen molar-refractivity contribution < 1.29 is 4.79 Å². The molecule has 0 aromatic heterocycles. The molecule has 1 aromatic carbocycles. The van der Waals surface area contributed by atoms with E-state index in [1.807, 2.05) is 0 Å². The molecule has 4 atom stereocenters. The van der Waals surface area contributed by atoms with Crippen LogP contribution in [0.25, 0.3) is 0 Å². The summed E-state index contributed by atoms with van der Waals surface area (Å²) in [7, 11) is 0. The summed E-state index contributed by atoms with van der Waals surface area (Å²) in [5.41, 5.74) is 2.96. The average molecular weight is 252 g/mol. The third-order valence-corrected chi connectivity index (χ3v) is 5.58. The minimum Gasteiger partial charge on any atom is -0.299 e. The Bertz CT molecular complexity index is 542. The first-order chi connectivity index (χ1) is 9.34. The van der Waals surface area contributed by atoms with Gasteiger partial charge in [0.25, 0.3) is 0 Å². The summed E-state index contributed by atoms with van der Waals surface area (Å²) in [5, 5.41) is 0. The van der Waals surface area contributed by atoms with Crippen LogP contribution in [0, 0.1) is 17.8 Å². The van der Waals surface area contributed by atoms with E-state index in [0.29, 0.717) is 23.5 Å². The number of Topliss-reactive ketones (excluding diaryl/α,β-unsaturated/α-hetero) is 1. The Hall–Kier alpha value is -1.37. The molecule has 0 spiro atoms. The number of fused-ring (bicyclic) bond motifs is 5. The summed E-state index contributed by atoms with van der Waals surface area (Å²) in [6.45, 7) is 0. The van der Waals surface area contributed by atoms with E-state index in [1.54, 1.807) is 0 Å². The molecule has 1 aromatic rings. The van der Waals surface area contributed by atoms with Crippen molar-refractivity contribution in [1.82, 2.24) is 0 Å². The highest BCUT2D eigenvalue weighted by molar-refractivity contribution is 5.83. The van der Waals surface area contributed by atoms with Gasteiger partial charge in [-0.05, 0) is 54.6 Å². The highest BCUT2D eigenvalue weighted by atomic mass is 16.1. The molecule has 98 valence electrons. The zero-order valence-electron chi connectivity index (χ0n) is 11.2. The Morgan fingerprint density at radius 3 is 2.74 bits per heavy atom. The third kappa shape index (κ3) is 1.71. The fourth-order valence-corrected chi connectivity index (χ4v) is 4.70. The fraction of sp³-hybridized carbons (Fsp3) is 0.500. The average Bonchev–Trinajstić information content (AvgIpc) is 2.47. The molecule has 1 fully saturated rings. The van der Waals surface area contributed by atoms with Crippen LogP contribution in [0.5, 0.6) is 0 Å². The van der Waals surface area contributed by atoms with Crippen LogP contribution in [0.15, 0.2) is 36.4 Å².